The maximum Gasteiger partial charge on any atom is 0.332 e. The van der Waals surface area contributed by atoms with Crippen LogP contribution in [-0.2, 0) is 20.6 Å². The van der Waals surface area contributed by atoms with E-state index in [9.17, 15) is 14.7 Å². The molecule has 31 heavy (non-hydrogen) atoms. The number of rotatable bonds is 9. The summed E-state index contributed by atoms with van der Waals surface area (Å²) in [5, 5.41) is 12.3. The number of imidazole rings is 1. The van der Waals surface area contributed by atoms with Crippen molar-refractivity contribution < 1.29 is 27.6 Å². The van der Waals surface area contributed by atoms with Crippen molar-refractivity contribution >= 4 is 11.2 Å². The summed E-state index contributed by atoms with van der Waals surface area (Å²) >= 11 is 0. The fourth-order valence-electron chi connectivity index (χ4n) is 3.38. The van der Waals surface area contributed by atoms with Crippen LogP contribution in [0.2, 0.25) is 0 Å². The van der Waals surface area contributed by atoms with Gasteiger partial charge in [0, 0.05) is 27.1 Å². The summed E-state index contributed by atoms with van der Waals surface area (Å²) in [7, 11) is 3.08. The van der Waals surface area contributed by atoms with Crippen LogP contribution in [0.15, 0.2) is 40.2 Å². The molecule has 0 aliphatic carbocycles. The number of benzene rings is 1. The average Bonchev–Trinajstić information content (AvgIpc) is 3.16. The third-order valence-corrected chi connectivity index (χ3v) is 5.28. The highest BCUT2D eigenvalue weighted by Crippen LogP contribution is 2.12. The predicted molar refractivity (Wildman–Crippen MR) is 114 cm³/mol. The molecule has 170 valence electrons. The summed E-state index contributed by atoms with van der Waals surface area (Å²) in [5.41, 5.74) is 1.21. The van der Waals surface area contributed by atoms with Crippen LogP contribution in [-0.4, -0.2) is 49.1 Å². The second kappa shape index (κ2) is 10.6. The number of hydrogen-bond donors (Lipinski definition) is 2. The lowest BCUT2D eigenvalue weighted by molar-refractivity contribution is -0.692. The van der Waals surface area contributed by atoms with Crippen molar-refractivity contribution in [2.45, 2.75) is 39.0 Å². The zero-order valence-corrected chi connectivity index (χ0v) is 19.0. The fraction of sp³-hybridized carbons (Fsp3) is 0.476. The summed E-state index contributed by atoms with van der Waals surface area (Å²) in [6, 6.07) is 7.97. The minimum Gasteiger partial charge on any atom is -1.00 e. The van der Waals surface area contributed by atoms with Crippen molar-refractivity contribution in [1.82, 2.24) is 18.7 Å². The largest absolute Gasteiger partial charge is 1.00 e. The molecule has 10 heteroatoms. The molecule has 0 radical (unpaired) electrons. The van der Waals surface area contributed by atoms with Crippen LogP contribution in [0, 0.1) is 6.92 Å². The average molecular weight is 452 g/mol. The Labute approximate surface area is 186 Å². The Morgan fingerprint density at radius 2 is 1.97 bits per heavy atom. The van der Waals surface area contributed by atoms with E-state index in [0.717, 1.165) is 22.3 Å². The predicted octanol–water partition coefficient (Wildman–Crippen LogP) is -3.47. The molecule has 3 N–H and O–H groups in total. The van der Waals surface area contributed by atoms with Crippen molar-refractivity contribution in [3.8, 4) is 5.75 Å². The first-order valence-electron chi connectivity index (χ1n) is 10.1. The standard InChI is InChI=1S/C21H29N5O4.ClH/c1-14-6-5-7-17(10-14)30-12-16(27)11-22-15(2)8-9-26-13-23-19-18(26)20(28)25(4)21(29)24(19)3;/h5-7,10,13,15-16,22,27H,8-9,11-12H2,1-4H3;1H. The molecule has 0 saturated heterocycles. The van der Waals surface area contributed by atoms with Gasteiger partial charge in [-0.3, -0.25) is 13.9 Å². The summed E-state index contributed by atoms with van der Waals surface area (Å²) in [6.07, 6.45) is 1.80. The summed E-state index contributed by atoms with van der Waals surface area (Å²) < 4.78 is 9.92. The molecule has 3 aromatic rings. The molecule has 2 atom stereocenters. The van der Waals surface area contributed by atoms with Gasteiger partial charge in [-0.05, 0) is 31.5 Å². The molecule has 3 rings (SSSR count). The van der Waals surface area contributed by atoms with Gasteiger partial charge in [-0.15, -0.1) is 0 Å². The van der Waals surface area contributed by atoms with Gasteiger partial charge in [-0.2, -0.15) is 0 Å². The Hall–Kier alpha value is -2.62. The van der Waals surface area contributed by atoms with E-state index in [-0.39, 0.29) is 36.3 Å². The highest BCUT2D eigenvalue weighted by atomic mass is 35.5. The van der Waals surface area contributed by atoms with Gasteiger partial charge in [0.05, 0.1) is 12.4 Å². The van der Waals surface area contributed by atoms with Gasteiger partial charge in [0.1, 0.15) is 25.0 Å². The molecule has 0 saturated carbocycles. The van der Waals surface area contributed by atoms with E-state index in [1.807, 2.05) is 31.2 Å². The first kappa shape index (κ1) is 24.6. The lowest BCUT2D eigenvalue weighted by Crippen LogP contribution is -3.00. The topological polar surface area (TPSA) is 108 Å². The molecule has 0 spiro atoms. The molecular weight excluding hydrogens is 422 g/mol. The van der Waals surface area contributed by atoms with Crippen LogP contribution < -0.4 is 33.7 Å². The summed E-state index contributed by atoms with van der Waals surface area (Å²) in [5.74, 6) is 0.755. The van der Waals surface area contributed by atoms with Crippen LogP contribution in [0.1, 0.15) is 18.9 Å². The lowest BCUT2D eigenvalue weighted by atomic mass is 10.2. The third-order valence-electron chi connectivity index (χ3n) is 5.28. The highest BCUT2D eigenvalue weighted by molar-refractivity contribution is 5.69. The maximum atomic E-state index is 12.5. The Morgan fingerprint density at radius 3 is 2.68 bits per heavy atom. The number of fused-ring (bicyclic) bond motifs is 1. The quantitative estimate of drug-likeness (QED) is 0.351. The molecule has 9 nitrogen and oxygen atoms in total. The number of quaternary nitrogens is 1. The number of aryl methyl sites for hydroxylation is 3. The first-order chi connectivity index (χ1) is 14.3. The minimum atomic E-state index is -0.580. The van der Waals surface area contributed by atoms with Gasteiger partial charge >= 0.3 is 5.69 Å². The lowest BCUT2D eigenvalue weighted by Gasteiger charge is -2.15. The molecule has 0 fully saturated rings. The molecule has 2 heterocycles. The highest BCUT2D eigenvalue weighted by Gasteiger charge is 2.16. The molecule has 1 aromatic carbocycles. The molecule has 0 aliphatic heterocycles. The van der Waals surface area contributed by atoms with E-state index < -0.39 is 6.10 Å². The summed E-state index contributed by atoms with van der Waals surface area (Å²) in [4.78, 5) is 28.8. The van der Waals surface area contributed by atoms with Gasteiger partial charge in [-0.1, -0.05) is 12.1 Å². The molecule has 0 aliphatic rings. The molecule has 0 bridgehead atoms. The second-order valence-electron chi connectivity index (χ2n) is 7.83. The number of hydrogen-bond acceptors (Lipinski definition) is 5. The van der Waals surface area contributed by atoms with Crippen LogP contribution >= 0.6 is 0 Å². The summed E-state index contributed by atoms with van der Waals surface area (Å²) in [6.45, 7) is 5.42. The van der Waals surface area contributed by atoms with Gasteiger partial charge in [0.15, 0.2) is 11.2 Å². The molecule has 2 unspecified atom stereocenters. The number of ether oxygens (including phenoxy) is 1. The van der Waals surface area contributed by atoms with E-state index in [0.29, 0.717) is 24.3 Å². The van der Waals surface area contributed by atoms with Crippen LogP contribution in [0.5, 0.6) is 5.75 Å². The number of halogens is 1. The minimum absolute atomic E-state index is 0. The Bertz CT molecular complexity index is 1140. The SMILES string of the molecule is Cc1cccc(OCC(O)C[NH2+]C(C)CCn2cnc3c2c(=O)n(C)c(=O)n3C)c1.[Cl-]. The number of aliphatic hydroxyl groups is 1. The Morgan fingerprint density at radius 1 is 1.23 bits per heavy atom. The van der Waals surface area contributed by atoms with Gasteiger partial charge < -0.3 is 32.1 Å². The Kier molecular flexibility index (Phi) is 8.43. The van der Waals surface area contributed by atoms with Crippen molar-refractivity contribution in [1.29, 1.82) is 0 Å². The number of aromatic nitrogens is 4. The number of nitrogens with two attached hydrogens (primary N) is 1. The van der Waals surface area contributed by atoms with E-state index in [2.05, 4.69) is 17.2 Å². The van der Waals surface area contributed by atoms with Crippen molar-refractivity contribution in [2.24, 2.45) is 14.1 Å². The molecule has 2 aromatic heterocycles. The Balaban J connectivity index is 0.00000341. The normalized spacial score (nSPS) is 13.1. The van der Waals surface area contributed by atoms with E-state index >= 15 is 0 Å². The second-order valence-corrected chi connectivity index (χ2v) is 7.83. The third kappa shape index (κ3) is 5.75. The van der Waals surface area contributed by atoms with E-state index in [4.69, 9.17) is 4.74 Å². The monoisotopic (exact) mass is 451 g/mol. The van der Waals surface area contributed by atoms with Gasteiger partial charge in [0.25, 0.3) is 5.56 Å². The maximum absolute atomic E-state index is 12.5. The van der Waals surface area contributed by atoms with Crippen molar-refractivity contribution in [2.75, 3.05) is 13.2 Å². The number of aliphatic hydroxyl groups excluding tert-OH is 1. The van der Waals surface area contributed by atoms with Crippen molar-refractivity contribution in [3.63, 3.8) is 0 Å². The fourth-order valence-corrected chi connectivity index (χ4v) is 3.38. The van der Waals surface area contributed by atoms with E-state index in [1.165, 1.54) is 11.6 Å². The van der Waals surface area contributed by atoms with Crippen molar-refractivity contribution in [3.05, 3.63) is 57.0 Å². The van der Waals surface area contributed by atoms with Gasteiger partial charge in [0.2, 0.25) is 0 Å². The molecule has 0 amide bonds. The van der Waals surface area contributed by atoms with E-state index in [1.54, 1.807) is 17.9 Å². The van der Waals surface area contributed by atoms with Crippen LogP contribution in [0.4, 0.5) is 0 Å². The number of nitrogens with zero attached hydrogens (tertiary/aromatic N) is 4. The molecular formula is C21H30ClN5O4. The van der Waals surface area contributed by atoms with Crippen LogP contribution in [0.25, 0.3) is 11.2 Å². The van der Waals surface area contributed by atoms with Gasteiger partial charge in [-0.25, -0.2) is 9.78 Å². The zero-order chi connectivity index (χ0) is 21.8. The zero-order valence-electron chi connectivity index (χ0n) is 18.3. The van der Waals surface area contributed by atoms with Crippen LogP contribution in [0.3, 0.4) is 0 Å². The smallest absolute Gasteiger partial charge is 0.332 e. The first-order valence-corrected chi connectivity index (χ1v) is 10.1.